The summed E-state index contributed by atoms with van der Waals surface area (Å²) in [7, 11) is 0. The summed E-state index contributed by atoms with van der Waals surface area (Å²) in [5.74, 6) is 7.21. The molecule has 0 amide bonds. The molecule has 1 heterocycles. The number of allylic oxidation sites excluding steroid dienone is 6. The fraction of sp³-hybridized carbons (Fsp3) is 0.571. The van der Waals surface area contributed by atoms with E-state index in [0.717, 1.165) is 67.6 Å². The van der Waals surface area contributed by atoms with E-state index in [-0.39, 0.29) is 5.60 Å². The highest BCUT2D eigenvalue weighted by Gasteiger charge is 2.32. The van der Waals surface area contributed by atoms with E-state index in [0.29, 0.717) is 0 Å². The SMILES string of the molecule is CC(C)=CCC/C(C)=C/CC/C(C)=C/CC[C@]1(C)CCc2cc(ON)c(C)c(C)c2O1. The van der Waals surface area contributed by atoms with Crippen LogP contribution >= 0.6 is 0 Å². The van der Waals surface area contributed by atoms with E-state index >= 15 is 0 Å². The molecule has 0 saturated carbocycles. The van der Waals surface area contributed by atoms with E-state index in [1.807, 2.05) is 13.0 Å². The van der Waals surface area contributed by atoms with Gasteiger partial charge in [0.05, 0.1) is 0 Å². The van der Waals surface area contributed by atoms with Crippen LogP contribution in [0.2, 0.25) is 0 Å². The topological polar surface area (TPSA) is 44.5 Å². The van der Waals surface area contributed by atoms with E-state index in [2.05, 4.69) is 59.8 Å². The van der Waals surface area contributed by atoms with Crippen molar-refractivity contribution >= 4 is 0 Å². The molecule has 172 valence electrons. The molecule has 1 aliphatic heterocycles. The minimum atomic E-state index is -0.118. The molecule has 31 heavy (non-hydrogen) atoms. The van der Waals surface area contributed by atoms with E-state index in [1.165, 1.54) is 28.7 Å². The molecule has 0 radical (unpaired) electrons. The second-order valence-corrected chi connectivity index (χ2v) is 9.78. The second kappa shape index (κ2) is 11.6. The van der Waals surface area contributed by atoms with Crippen LogP contribution in [0.1, 0.15) is 96.3 Å². The van der Waals surface area contributed by atoms with Gasteiger partial charge in [-0.2, -0.15) is 5.90 Å². The summed E-state index contributed by atoms with van der Waals surface area (Å²) in [6.45, 7) is 15.2. The molecule has 3 heteroatoms. The molecule has 0 unspecified atom stereocenters. The summed E-state index contributed by atoms with van der Waals surface area (Å²) in [5, 5.41) is 0. The first-order valence-electron chi connectivity index (χ1n) is 11.8. The van der Waals surface area contributed by atoms with Gasteiger partial charge in [0, 0.05) is 5.56 Å². The first-order valence-corrected chi connectivity index (χ1v) is 11.8. The van der Waals surface area contributed by atoms with Gasteiger partial charge >= 0.3 is 0 Å². The molecule has 0 bridgehead atoms. The summed E-state index contributed by atoms with van der Waals surface area (Å²) in [4.78, 5) is 5.04. The number of benzene rings is 1. The lowest BCUT2D eigenvalue weighted by Crippen LogP contribution is -2.36. The zero-order valence-corrected chi connectivity index (χ0v) is 20.9. The fourth-order valence-corrected chi connectivity index (χ4v) is 4.21. The average Bonchev–Trinajstić information content (AvgIpc) is 2.71. The highest BCUT2D eigenvalue weighted by atomic mass is 16.6. The van der Waals surface area contributed by atoms with Crippen LogP contribution in [-0.2, 0) is 6.42 Å². The Morgan fingerprint density at radius 1 is 1.00 bits per heavy atom. The van der Waals surface area contributed by atoms with Gasteiger partial charge in [0.25, 0.3) is 0 Å². The molecule has 3 nitrogen and oxygen atoms in total. The Hall–Kier alpha value is -2.00. The summed E-state index contributed by atoms with van der Waals surface area (Å²) in [6.07, 6.45) is 15.8. The van der Waals surface area contributed by atoms with Crippen molar-refractivity contribution in [3.05, 3.63) is 57.7 Å². The minimum absolute atomic E-state index is 0.118. The molecule has 2 N–H and O–H groups in total. The van der Waals surface area contributed by atoms with Crippen LogP contribution in [-0.4, -0.2) is 5.60 Å². The molecule has 0 saturated heterocycles. The number of hydrogen-bond acceptors (Lipinski definition) is 3. The van der Waals surface area contributed by atoms with Gasteiger partial charge in [-0.25, -0.2) is 0 Å². The Labute approximate surface area is 190 Å². The Kier molecular flexibility index (Phi) is 9.43. The minimum Gasteiger partial charge on any atom is -0.487 e. The maximum Gasteiger partial charge on any atom is 0.150 e. The lowest BCUT2D eigenvalue weighted by atomic mass is 9.86. The highest BCUT2D eigenvalue weighted by molar-refractivity contribution is 5.53. The molecule has 1 aromatic rings. The lowest BCUT2D eigenvalue weighted by Gasteiger charge is -2.37. The van der Waals surface area contributed by atoms with Gasteiger partial charge in [0.15, 0.2) is 5.75 Å². The van der Waals surface area contributed by atoms with Crippen LogP contribution in [0, 0.1) is 13.8 Å². The van der Waals surface area contributed by atoms with E-state index in [4.69, 9.17) is 15.5 Å². The zero-order chi connectivity index (χ0) is 23.0. The van der Waals surface area contributed by atoms with Gasteiger partial charge in [-0.1, -0.05) is 34.9 Å². The third kappa shape index (κ3) is 7.57. The van der Waals surface area contributed by atoms with Crippen molar-refractivity contribution in [2.24, 2.45) is 5.90 Å². The highest BCUT2D eigenvalue weighted by Crippen LogP contribution is 2.42. The number of nitrogens with two attached hydrogens (primary N) is 1. The molecule has 1 aliphatic rings. The third-order valence-corrected chi connectivity index (χ3v) is 6.56. The van der Waals surface area contributed by atoms with Crippen LogP contribution in [0.5, 0.6) is 11.5 Å². The quantitative estimate of drug-likeness (QED) is 0.307. The third-order valence-electron chi connectivity index (χ3n) is 6.56. The van der Waals surface area contributed by atoms with Crippen molar-refractivity contribution < 1.29 is 9.57 Å². The number of hydrogen-bond donors (Lipinski definition) is 1. The van der Waals surface area contributed by atoms with Crippen LogP contribution in [0.4, 0.5) is 0 Å². The molecule has 1 atom stereocenters. The zero-order valence-electron chi connectivity index (χ0n) is 20.9. The van der Waals surface area contributed by atoms with Crippen LogP contribution < -0.4 is 15.5 Å². The summed E-state index contributed by atoms with van der Waals surface area (Å²) < 4.78 is 6.54. The Morgan fingerprint density at radius 3 is 2.23 bits per heavy atom. The maximum absolute atomic E-state index is 6.54. The number of ether oxygens (including phenoxy) is 1. The largest absolute Gasteiger partial charge is 0.487 e. The summed E-state index contributed by atoms with van der Waals surface area (Å²) in [5.41, 5.74) is 7.68. The number of aryl methyl sites for hydroxylation is 1. The number of rotatable bonds is 10. The standard InChI is InChI=1S/C28H43NO2/c1-20(2)11-8-12-21(3)13-9-14-22(4)15-10-17-28(7)18-16-25-19-26(31-29)23(5)24(6)27(25)30-28/h11,13,15,19H,8-10,12,14,16-18,29H2,1-7H3/b21-13+,22-15+/t28-/m1/s1. The normalized spacial score (nSPS) is 19.0. The predicted octanol–water partition coefficient (Wildman–Crippen LogP) is 7.84. The van der Waals surface area contributed by atoms with Gasteiger partial charge in [-0.3, -0.25) is 0 Å². The van der Waals surface area contributed by atoms with Gasteiger partial charge < -0.3 is 9.57 Å². The molecular formula is C28H43NO2. The molecule has 0 aliphatic carbocycles. The van der Waals surface area contributed by atoms with E-state index in [9.17, 15) is 0 Å². The first kappa shape index (κ1) is 25.3. The van der Waals surface area contributed by atoms with Gasteiger partial charge in [-0.15, -0.1) is 0 Å². The fourth-order valence-electron chi connectivity index (χ4n) is 4.21. The van der Waals surface area contributed by atoms with Crippen molar-refractivity contribution in [3.8, 4) is 11.5 Å². The molecule has 0 fully saturated rings. The van der Waals surface area contributed by atoms with Crippen molar-refractivity contribution in [3.63, 3.8) is 0 Å². The molecule has 0 aromatic heterocycles. The maximum atomic E-state index is 6.54. The molecule has 1 aromatic carbocycles. The smallest absolute Gasteiger partial charge is 0.150 e. The van der Waals surface area contributed by atoms with E-state index < -0.39 is 0 Å². The van der Waals surface area contributed by atoms with Crippen molar-refractivity contribution in [2.75, 3.05) is 0 Å². The molecule has 0 spiro atoms. The Balaban J connectivity index is 1.85. The number of fused-ring (bicyclic) bond motifs is 1. The lowest BCUT2D eigenvalue weighted by molar-refractivity contribution is 0.0560. The van der Waals surface area contributed by atoms with Crippen molar-refractivity contribution in [1.29, 1.82) is 0 Å². The summed E-state index contributed by atoms with van der Waals surface area (Å²) in [6, 6.07) is 2.04. The molecule has 2 rings (SSSR count). The monoisotopic (exact) mass is 425 g/mol. The second-order valence-electron chi connectivity index (χ2n) is 9.78. The van der Waals surface area contributed by atoms with E-state index in [1.54, 1.807) is 0 Å². The Morgan fingerprint density at radius 2 is 1.61 bits per heavy atom. The first-order chi connectivity index (χ1) is 14.6. The van der Waals surface area contributed by atoms with Crippen LogP contribution in [0.3, 0.4) is 0 Å². The average molecular weight is 426 g/mol. The molecular weight excluding hydrogens is 382 g/mol. The van der Waals surface area contributed by atoms with Crippen molar-refractivity contribution in [2.45, 2.75) is 105 Å². The van der Waals surface area contributed by atoms with Crippen molar-refractivity contribution in [1.82, 2.24) is 0 Å². The predicted molar refractivity (Wildman–Crippen MR) is 133 cm³/mol. The van der Waals surface area contributed by atoms with Crippen LogP contribution in [0.25, 0.3) is 0 Å². The van der Waals surface area contributed by atoms with Gasteiger partial charge in [0.2, 0.25) is 0 Å². The summed E-state index contributed by atoms with van der Waals surface area (Å²) >= 11 is 0. The van der Waals surface area contributed by atoms with Gasteiger partial charge in [-0.05, 0) is 117 Å². The van der Waals surface area contributed by atoms with Gasteiger partial charge in [0.1, 0.15) is 11.4 Å². The Bertz CT molecular complexity index is 843. The van der Waals surface area contributed by atoms with Crippen LogP contribution in [0.15, 0.2) is 41.0 Å².